The van der Waals surface area contributed by atoms with Crippen molar-refractivity contribution in [1.29, 1.82) is 0 Å². The number of rotatable bonds is 10. The maximum Gasteiger partial charge on any atom is 0.326 e. The van der Waals surface area contributed by atoms with Crippen LogP contribution in [0.3, 0.4) is 0 Å². The molecule has 10 heteroatoms. The molecule has 0 aromatic heterocycles. The minimum absolute atomic E-state index is 0.143. The van der Waals surface area contributed by atoms with E-state index in [9.17, 15) is 14.7 Å². The molecule has 0 aliphatic carbocycles. The van der Waals surface area contributed by atoms with Crippen LogP contribution in [0.15, 0.2) is 42.5 Å². The summed E-state index contributed by atoms with van der Waals surface area (Å²) >= 11 is 12.0. The standard InChI is InChI=1S/C26H31Cl2N3O5/c1-29-17-24(32)31(25(29)33)11-2-14-35-20-5-3-19(4-6-20)16-30-12-9-26(34,10-13-30)18-36-21-7-8-22(27)23(28)15-21/h3-8,15,34H,2,9-14,16-18H2,1H3. The topological polar surface area (TPSA) is 82.6 Å². The SMILES string of the molecule is CN1CC(=O)N(CCCOc2ccc(CN3CCC(O)(COc4ccc(Cl)c(Cl)c4)CC3)cc2)C1=O. The van der Waals surface area contributed by atoms with Crippen molar-refractivity contribution in [3.8, 4) is 11.5 Å². The predicted octanol–water partition coefficient (Wildman–Crippen LogP) is 4.06. The lowest BCUT2D eigenvalue weighted by molar-refractivity contribution is -0.125. The van der Waals surface area contributed by atoms with E-state index >= 15 is 0 Å². The number of likely N-dealkylation sites (N-methyl/N-ethyl adjacent to an activating group) is 1. The van der Waals surface area contributed by atoms with E-state index in [1.807, 2.05) is 24.3 Å². The van der Waals surface area contributed by atoms with Gasteiger partial charge in [0.25, 0.3) is 0 Å². The van der Waals surface area contributed by atoms with Gasteiger partial charge in [0.1, 0.15) is 30.3 Å². The van der Waals surface area contributed by atoms with Crippen LogP contribution in [-0.2, 0) is 11.3 Å². The molecule has 4 rings (SSSR count). The van der Waals surface area contributed by atoms with Crippen LogP contribution in [0.2, 0.25) is 10.0 Å². The Kier molecular flexibility index (Phi) is 8.62. The molecule has 0 radical (unpaired) electrons. The molecule has 2 aromatic rings. The molecule has 194 valence electrons. The van der Waals surface area contributed by atoms with Gasteiger partial charge in [0.2, 0.25) is 5.91 Å². The average molecular weight is 536 g/mol. The van der Waals surface area contributed by atoms with Gasteiger partial charge < -0.3 is 19.5 Å². The van der Waals surface area contributed by atoms with E-state index in [2.05, 4.69) is 4.90 Å². The first-order chi connectivity index (χ1) is 17.2. The number of amides is 3. The first-order valence-electron chi connectivity index (χ1n) is 12.0. The number of halogens is 2. The maximum atomic E-state index is 11.9. The van der Waals surface area contributed by atoms with Crippen LogP contribution >= 0.6 is 23.2 Å². The van der Waals surface area contributed by atoms with Crippen molar-refractivity contribution in [2.45, 2.75) is 31.4 Å². The molecular weight excluding hydrogens is 505 g/mol. The van der Waals surface area contributed by atoms with Gasteiger partial charge in [-0.25, -0.2) is 4.79 Å². The van der Waals surface area contributed by atoms with Crippen LogP contribution in [-0.4, -0.2) is 83.8 Å². The molecule has 8 nitrogen and oxygen atoms in total. The monoisotopic (exact) mass is 535 g/mol. The molecule has 0 bridgehead atoms. The molecule has 1 N–H and O–H groups in total. The van der Waals surface area contributed by atoms with Crippen molar-refractivity contribution in [2.24, 2.45) is 0 Å². The molecule has 0 atom stereocenters. The summed E-state index contributed by atoms with van der Waals surface area (Å²) in [5.74, 6) is 1.18. The van der Waals surface area contributed by atoms with Crippen molar-refractivity contribution < 1.29 is 24.2 Å². The lowest BCUT2D eigenvalue weighted by Gasteiger charge is -2.38. The molecule has 0 saturated carbocycles. The van der Waals surface area contributed by atoms with E-state index in [0.29, 0.717) is 48.2 Å². The Hall–Kier alpha value is -2.52. The molecule has 2 fully saturated rings. The summed E-state index contributed by atoms with van der Waals surface area (Å²) in [6, 6.07) is 12.8. The zero-order valence-corrected chi connectivity index (χ0v) is 21.8. The number of hydrogen-bond donors (Lipinski definition) is 1. The van der Waals surface area contributed by atoms with E-state index in [0.717, 1.165) is 30.9 Å². The number of carbonyl (C=O) groups is 2. The van der Waals surface area contributed by atoms with E-state index in [-0.39, 0.29) is 25.1 Å². The minimum atomic E-state index is -0.875. The number of urea groups is 1. The van der Waals surface area contributed by atoms with Gasteiger partial charge in [-0.3, -0.25) is 14.6 Å². The second kappa shape index (κ2) is 11.7. The summed E-state index contributed by atoms with van der Waals surface area (Å²) in [7, 11) is 1.62. The van der Waals surface area contributed by atoms with Crippen molar-refractivity contribution in [3.63, 3.8) is 0 Å². The van der Waals surface area contributed by atoms with Crippen molar-refractivity contribution in [1.82, 2.24) is 14.7 Å². The number of likely N-dealkylation sites (tertiary alicyclic amines) is 1. The zero-order chi connectivity index (χ0) is 25.7. The Morgan fingerprint density at radius 2 is 1.67 bits per heavy atom. The highest BCUT2D eigenvalue weighted by Crippen LogP contribution is 2.29. The van der Waals surface area contributed by atoms with E-state index in [4.69, 9.17) is 32.7 Å². The van der Waals surface area contributed by atoms with Crippen LogP contribution in [0.1, 0.15) is 24.8 Å². The van der Waals surface area contributed by atoms with Crippen molar-refractivity contribution >= 4 is 35.1 Å². The molecule has 2 saturated heterocycles. The third-order valence-corrected chi connectivity index (χ3v) is 7.28. The second-order valence-electron chi connectivity index (χ2n) is 9.40. The molecule has 2 aromatic carbocycles. The van der Waals surface area contributed by atoms with E-state index in [1.165, 1.54) is 9.80 Å². The van der Waals surface area contributed by atoms with Crippen LogP contribution in [0.4, 0.5) is 4.79 Å². The molecule has 2 aliphatic heterocycles. The number of imide groups is 1. The van der Waals surface area contributed by atoms with E-state index in [1.54, 1.807) is 25.2 Å². The van der Waals surface area contributed by atoms with Gasteiger partial charge in [-0.2, -0.15) is 0 Å². The molecule has 3 amide bonds. The fourth-order valence-corrected chi connectivity index (χ4v) is 4.60. The fourth-order valence-electron chi connectivity index (χ4n) is 4.31. The Morgan fingerprint density at radius 1 is 0.972 bits per heavy atom. The first-order valence-corrected chi connectivity index (χ1v) is 12.8. The van der Waals surface area contributed by atoms with Crippen LogP contribution in [0.5, 0.6) is 11.5 Å². The molecular formula is C26H31Cl2N3O5. The fraction of sp³-hybridized carbons (Fsp3) is 0.462. The van der Waals surface area contributed by atoms with Gasteiger partial charge in [0, 0.05) is 39.3 Å². The van der Waals surface area contributed by atoms with Crippen LogP contribution in [0.25, 0.3) is 0 Å². The highest BCUT2D eigenvalue weighted by Gasteiger charge is 2.34. The minimum Gasteiger partial charge on any atom is -0.494 e. The zero-order valence-electron chi connectivity index (χ0n) is 20.3. The van der Waals surface area contributed by atoms with Gasteiger partial charge in [-0.1, -0.05) is 35.3 Å². The smallest absolute Gasteiger partial charge is 0.326 e. The summed E-state index contributed by atoms with van der Waals surface area (Å²) < 4.78 is 11.5. The Balaban J connectivity index is 1.16. The summed E-state index contributed by atoms with van der Waals surface area (Å²) in [6.45, 7) is 3.46. The van der Waals surface area contributed by atoms with Gasteiger partial charge in [-0.15, -0.1) is 0 Å². The summed E-state index contributed by atoms with van der Waals surface area (Å²) in [6.07, 6.45) is 1.82. The highest BCUT2D eigenvalue weighted by atomic mass is 35.5. The summed E-state index contributed by atoms with van der Waals surface area (Å²) in [4.78, 5) is 28.7. The normalized spacial score (nSPS) is 18.1. The second-order valence-corrected chi connectivity index (χ2v) is 10.2. The highest BCUT2D eigenvalue weighted by molar-refractivity contribution is 6.42. The number of carbonyl (C=O) groups excluding carboxylic acids is 2. The Morgan fingerprint density at radius 3 is 2.31 bits per heavy atom. The van der Waals surface area contributed by atoms with Gasteiger partial charge in [0.15, 0.2) is 0 Å². The van der Waals surface area contributed by atoms with Crippen molar-refractivity contribution in [2.75, 3.05) is 46.4 Å². The molecule has 36 heavy (non-hydrogen) atoms. The number of nitrogens with zero attached hydrogens (tertiary/aromatic N) is 3. The lowest BCUT2D eigenvalue weighted by atomic mass is 9.92. The quantitative estimate of drug-likeness (QED) is 0.365. The number of benzene rings is 2. The largest absolute Gasteiger partial charge is 0.494 e. The number of piperidine rings is 1. The van der Waals surface area contributed by atoms with Gasteiger partial charge >= 0.3 is 6.03 Å². The number of hydrogen-bond acceptors (Lipinski definition) is 6. The average Bonchev–Trinajstić information content (AvgIpc) is 3.11. The maximum absolute atomic E-state index is 11.9. The Labute approximate surface area is 221 Å². The third kappa shape index (κ3) is 6.82. The molecule has 2 aliphatic rings. The van der Waals surface area contributed by atoms with E-state index < -0.39 is 5.60 Å². The summed E-state index contributed by atoms with van der Waals surface area (Å²) in [5.41, 5.74) is 0.288. The first kappa shape index (κ1) is 26.5. The number of ether oxygens (including phenoxy) is 2. The molecule has 2 heterocycles. The van der Waals surface area contributed by atoms with Crippen LogP contribution < -0.4 is 9.47 Å². The Bertz CT molecular complexity index is 1070. The lowest BCUT2D eigenvalue weighted by Crippen LogP contribution is -2.47. The van der Waals surface area contributed by atoms with Crippen LogP contribution in [0, 0.1) is 0 Å². The van der Waals surface area contributed by atoms with Crippen molar-refractivity contribution in [3.05, 3.63) is 58.1 Å². The molecule has 0 spiro atoms. The summed E-state index contributed by atoms with van der Waals surface area (Å²) in [5, 5.41) is 11.8. The number of aliphatic hydroxyl groups is 1. The molecule has 0 unspecified atom stereocenters. The van der Waals surface area contributed by atoms with Gasteiger partial charge in [-0.05, 0) is 49.1 Å². The predicted molar refractivity (Wildman–Crippen MR) is 138 cm³/mol. The van der Waals surface area contributed by atoms with Gasteiger partial charge in [0.05, 0.1) is 16.7 Å². The third-order valence-electron chi connectivity index (χ3n) is 6.54.